The molecule has 0 radical (unpaired) electrons. The molecule has 2 amide bonds. The summed E-state index contributed by atoms with van der Waals surface area (Å²) < 4.78 is 5.57. The zero-order chi connectivity index (χ0) is 15.2. The van der Waals surface area contributed by atoms with Crippen LogP contribution in [-0.4, -0.2) is 24.0 Å². The zero-order valence-corrected chi connectivity index (χ0v) is 13.5. The van der Waals surface area contributed by atoms with Crippen LogP contribution in [0.1, 0.15) is 63.5 Å². The van der Waals surface area contributed by atoms with Gasteiger partial charge in [0.15, 0.2) is 0 Å². The summed E-state index contributed by atoms with van der Waals surface area (Å²) in [5, 5.41) is 3.05. The fourth-order valence-corrected chi connectivity index (χ4v) is 3.10. The third-order valence-corrected chi connectivity index (χ3v) is 4.36. The van der Waals surface area contributed by atoms with Crippen molar-refractivity contribution in [2.75, 3.05) is 13.1 Å². The molecule has 21 heavy (non-hydrogen) atoms. The monoisotopic (exact) mass is 292 g/mol. The first-order chi connectivity index (χ1) is 10.1. The summed E-state index contributed by atoms with van der Waals surface area (Å²) in [5.41, 5.74) is 0. The number of likely N-dealkylation sites (tertiary alicyclic amines) is 1. The van der Waals surface area contributed by atoms with Gasteiger partial charge in [0.1, 0.15) is 11.5 Å². The highest BCUT2D eigenvalue weighted by atomic mass is 16.3. The Labute approximate surface area is 127 Å². The van der Waals surface area contributed by atoms with Crippen molar-refractivity contribution in [3.8, 4) is 0 Å². The maximum atomic E-state index is 12.4. The van der Waals surface area contributed by atoms with Crippen molar-refractivity contribution in [3.63, 3.8) is 0 Å². The fraction of sp³-hybridized carbons (Fsp3) is 0.706. The summed E-state index contributed by atoms with van der Waals surface area (Å²) in [6.45, 7) is 7.87. The predicted molar refractivity (Wildman–Crippen MR) is 84.2 cm³/mol. The van der Waals surface area contributed by atoms with E-state index < -0.39 is 0 Å². The van der Waals surface area contributed by atoms with Crippen LogP contribution in [0.15, 0.2) is 16.5 Å². The van der Waals surface area contributed by atoms with E-state index in [1.54, 1.807) is 0 Å². The van der Waals surface area contributed by atoms with Crippen molar-refractivity contribution in [3.05, 3.63) is 23.7 Å². The van der Waals surface area contributed by atoms with Crippen LogP contribution < -0.4 is 5.32 Å². The minimum absolute atomic E-state index is 0.0358. The molecule has 4 heteroatoms. The van der Waals surface area contributed by atoms with E-state index in [4.69, 9.17) is 4.42 Å². The average molecular weight is 292 g/mol. The van der Waals surface area contributed by atoms with Crippen LogP contribution in [-0.2, 0) is 0 Å². The molecular formula is C17H28N2O2. The Morgan fingerprint density at radius 2 is 2.24 bits per heavy atom. The minimum Gasteiger partial charge on any atom is -0.464 e. The third kappa shape index (κ3) is 4.51. The van der Waals surface area contributed by atoms with E-state index in [-0.39, 0.29) is 12.1 Å². The van der Waals surface area contributed by atoms with Crippen molar-refractivity contribution in [1.82, 2.24) is 10.2 Å². The maximum absolute atomic E-state index is 12.4. The first-order valence-electron chi connectivity index (χ1n) is 8.22. The third-order valence-electron chi connectivity index (χ3n) is 4.36. The lowest BCUT2D eigenvalue weighted by Crippen LogP contribution is -2.41. The topological polar surface area (TPSA) is 45.5 Å². The number of aryl methyl sites for hydroxylation is 1. The molecule has 1 N–H and O–H groups in total. The standard InChI is InChI=1S/C17H28N2O2/c1-4-6-15-7-5-11-19(12-10-15)17(20)18-14(3)16-9-8-13(2)21-16/h8-9,14-15H,4-7,10-12H2,1-3H3,(H,18,20). The number of urea groups is 1. The molecule has 4 nitrogen and oxygen atoms in total. The first kappa shape index (κ1) is 15.9. The molecule has 1 fully saturated rings. The first-order valence-corrected chi connectivity index (χ1v) is 8.22. The zero-order valence-electron chi connectivity index (χ0n) is 13.5. The van der Waals surface area contributed by atoms with Crippen molar-refractivity contribution in [2.24, 2.45) is 5.92 Å². The molecule has 1 aromatic heterocycles. The number of furan rings is 1. The van der Waals surface area contributed by atoms with Crippen LogP contribution in [0.2, 0.25) is 0 Å². The van der Waals surface area contributed by atoms with Gasteiger partial charge in [0.25, 0.3) is 0 Å². The van der Waals surface area contributed by atoms with Crippen LogP contribution in [0.3, 0.4) is 0 Å². The van der Waals surface area contributed by atoms with Crippen LogP contribution >= 0.6 is 0 Å². The summed E-state index contributed by atoms with van der Waals surface area (Å²) in [5.74, 6) is 2.49. The van der Waals surface area contributed by atoms with Gasteiger partial charge in [-0.3, -0.25) is 0 Å². The molecule has 2 atom stereocenters. The van der Waals surface area contributed by atoms with Crippen LogP contribution in [0.25, 0.3) is 0 Å². The molecule has 0 aromatic carbocycles. The van der Waals surface area contributed by atoms with Gasteiger partial charge in [-0.05, 0) is 51.2 Å². The van der Waals surface area contributed by atoms with E-state index in [2.05, 4.69) is 12.2 Å². The van der Waals surface area contributed by atoms with E-state index >= 15 is 0 Å². The second-order valence-electron chi connectivity index (χ2n) is 6.19. The Kier molecular flexibility index (Phi) is 5.71. The van der Waals surface area contributed by atoms with E-state index in [1.807, 2.05) is 30.9 Å². The molecule has 1 aliphatic rings. The molecular weight excluding hydrogens is 264 g/mol. The molecule has 1 aliphatic heterocycles. The molecule has 0 spiro atoms. The van der Waals surface area contributed by atoms with Gasteiger partial charge in [-0.2, -0.15) is 0 Å². The number of amides is 2. The fourth-order valence-electron chi connectivity index (χ4n) is 3.10. The maximum Gasteiger partial charge on any atom is 0.317 e. The van der Waals surface area contributed by atoms with Crippen molar-refractivity contribution >= 4 is 6.03 Å². The number of carbonyl (C=O) groups excluding carboxylic acids is 1. The highest BCUT2D eigenvalue weighted by Crippen LogP contribution is 2.22. The lowest BCUT2D eigenvalue weighted by Gasteiger charge is -2.23. The second-order valence-corrected chi connectivity index (χ2v) is 6.19. The summed E-state index contributed by atoms with van der Waals surface area (Å²) in [4.78, 5) is 14.3. The molecule has 2 rings (SSSR count). The predicted octanol–water partition coefficient (Wildman–Crippen LogP) is 4.26. The van der Waals surface area contributed by atoms with Crippen LogP contribution in [0.5, 0.6) is 0 Å². The summed E-state index contributed by atoms with van der Waals surface area (Å²) in [6.07, 6.45) is 6.04. The van der Waals surface area contributed by atoms with Gasteiger partial charge in [-0.1, -0.05) is 19.8 Å². The number of rotatable bonds is 4. The normalized spacial score (nSPS) is 20.9. The van der Waals surface area contributed by atoms with Gasteiger partial charge in [0, 0.05) is 13.1 Å². The SMILES string of the molecule is CCCC1CCCN(C(=O)NC(C)c2ccc(C)o2)CC1. The molecule has 0 saturated carbocycles. The van der Waals surface area contributed by atoms with Gasteiger partial charge in [-0.15, -0.1) is 0 Å². The lowest BCUT2D eigenvalue weighted by atomic mass is 9.96. The van der Waals surface area contributed by atoms with Crippen molar-refractivity contribution < 1.29 is 9.21 Å². The largest absolute Gasteiger partial charge is 0.464 e. The van der Waals surface area contributed by atoms with Crippen LogP contribution in [0, 0.1) is 12.8 Å². The van der Waals surface area contributed by atoms with Gasteiger partial charge >= 0.3 is 6.03 Å². The number of nitrogens with one attached hydrogen (secondary N) is 1. The number of nitrogens with zero attached hydrogens (tertiary/aromatic N) is 1. The lowest BCUT2D eigenvalue weighted by molar-refractivity contribution is 0.194. The highest BCUT2D eigenvalue weighted by Gasteiger charge is 2.22. The summed E-state index contributed by atoms with van der Waals surface area (Å²) in [6, 6.07) is 3.81. The Morgan fingerprint density at radius 1 is 1.43 bits per heavy atom. The number of carbonyl (C=O) groups is 1. The van der Waals surface area contributed by atoms with E-state index in [0.717, 1.165) is 43.4 Å². The molecule has 2 unspecified atom stereocenters. The average Bonchev–Trinajstić information content (AvgIpc) is 2.75. The van der Waals surface area contributed by atoms with Gasteiger partial charge in [0.05, 0.1) is 6.04 Å². The molecule has 1 aromatic rings. The smallest absolute Gasteiger partial charge is 0.317 e. The molecule has 0 bridgehead atoms. The Bertz CT molecular complexity index is 455. The molecule has 118 valence electrons. The minimum atomic E-state index is -0.0825. The van der Waals surface area contributed by atoms with E-state index in [9.17, 15) is 4.79 Å². The Hall–Kier alpha value is -1.45. The van der Waals surface area contributed by atoms with Crippen molar-refractivity contribution in [1.29, 1.82) is 0 Å². The quantitative estimate of drug-likeness (QED) is 0.901. The summed E-state index contributed by atoms with van der Waals surface area (Å²) >= 11 is 0. The van der Waals surface area contributed by atoms with Crippen LogP contribution in [0.4, 0.5) is 4.79 Å². The number of hydrogen-bond acceptors (Lipinski definition) is 2. The molecule has 1 saturated heterocycles. The second kappa shape index (κ2) is 7.53. The Balaban J connectivity index is 1.85. The van der Waals surface area contributed by atoms with Gasteiger partial charge in [-0.25, -0.2) is 4.79 Å². The van der Waals surface area contributed by atoms with E-state index in [1.165, 1.54) is 19.3 Å². The summed E-state index contributed by atoms with van der Waals surface area (Å²) in [7, 11) is 0. The molecule has 2 heterocycles. The van der Waals surface area contributed by atoms with E-state index in [0.29, 0.717) is 0 Å². The van der Waals surface area contributed by atoms with Crippen molar-refractivity contribution in [2.45, 2.75) is 58.9 Å². The van der Waals surface area contributed by atoms with Gasteiger partial charge < -0.3 is 14.6 Å². The number of hydrogen-bond donors (Lipinski definition) is 1. The van der Waals surface area contributed by atoms with Gasteiger partial charge in [0.2, 0.25) is 0 Å². The molecule has 0 aliphatic carbocycles. The Morgan fingerprint density at radius 3 is 2.90 bits per heavy atom. The highest BCUT2D eigenvalue weighted by molar-refractivity contribution is 5.74.